The Morgan fingerprint density at radius 3 is 2.81 bits per heavy atom. The smallest absolute Gasteiger partial charge is 0.287 e. The lowest BCUT2D eigenvalue weighted by atomic mass is 9.92. The molecule has 2 unspecified atom stereocenters. The lowest BCUT2D eigenvalue weighted by Crippen LogP contribution is -2.45. The van der Waals surface area contributed by atoms with Gasteiger partial charge in [-0.1, -0.05) is 25.0 Å². The lowest BCUT2D eigenvalue weighted by molar-refractivity contribution is 0.0698. The second-order valence-corrected chi connectivity index (χ2v) is 5.40. The summed E-state index contributed by atoms with van der Waals surface area (Å²) in [7, 11) is 0. The minimum atomic E-state index is -0.533. The highest BCUT2D eigenvalue weighted by molar-refractivity contribution is 5.93. The Morgan fingerprint density at radius 1 is 1.24 bits per heavy atom. The number of nitrogens with one attached hydrogen (secondary N) is 1. The molecule has 1 aromatic heterocycles. The molecule has 2 N–H and O–H groups in total. The van der Waals surface area contributed by atoms with Crippen LogP contribution in [0.1, 0.15) is 36.2 Å². The number of hydrogen-bond donors (Lipinski definition) is 2. The first-order chi connectivity index (χ1) is 10.1. The molecule has 3 rings (SSSR count). The second kappa shape index (κ2) is 5.69. The van der Waals surface area contributed by atoms with Crippen LogP contribution in [0, 0.1) is 0 Å². The molecular weight excluding hydrogens is 270 g/mol. The zero-order valence-electron chi connectivity index (χ0n) is 11.5. The molecule has 110 valence electrons. The molecule has 0 saturated heterocycles. The van der Waals surface area contributed by atoms with Gasteiger partial charge in [0.2, 0.25) is 0 Å². The molecule has 1 heterocycles. The van der Waals surface area contributed by atoms with Crippen molar-refractivity contribution >= 4 is 16.9 Å². The number of benzene rings is 1. The molecule has 1 aliphatic rings. The molecule has 1 aromatic carbocycles. The van der Waals surface area contributed by atoms with Crippen LogP contribution in [0.5, 0.6) is 0 Å². The van der Waals surface area contributed by atoms with E-state index < -0.39 is 12.0 Å². The number of aliphatic hydroxyl groups is 1. The van der Waals surface area contributed by atoms with Gasteiger partial charge in [0, 0.05) is 6.07 Å². The Morgan fingerprint density at radius 2 is 2.00 bits per heavy atom. The Bertz CT molecular complexity index is 722. The fraction of sp³-hybridized carbons (Fsp3) is 0.375. The molecule has 1 amide bonds. The van der Waals surface area contributed by atoms with Crippen LogP contribution in [0.2, 0.25) is 0 Å². The second-order valence-electron chi connectivity index (χ2n) is 5.40. The number of hydrogen-bond acceptors (Lipinski definition) is 4. The van der Waals surface area contributed by atoms with Crippen molar-refractivity contribution in [3.05, 3.63) is 46.3 Å². The van der Waals surface area contributed by atoms with Gasteiger partial charge in [-0.15, -0.1) is 0 Å². The summed E-state index contributed by atoms with van der Waals surface area (Å²) < 4.78 is 5.49. The summed E-state index contributed by atoms with van der Waals surface area (Å²) >= 11 is 0. The molecule has 2 atom stereocenters. The van der Waals surface area contributed by atoms with Crippen LogP contribution < -0.4 is 10.7 Å². The van der Waals surface area contributed by atoms with Crippen LogP contribution in [-0.4, -0.2) is 23.2 Å². The molecule has 2 aromatic rings. The average Bonchev–Trinajstić information content (AvgIpc) is 2.49. The first-order valence-electron chi connectivity index (χ1n) is 7.17. The monoisotopic (exact) mass is 287 g/mol. The van der Waals surface area contributed by atoms with Crippen molar-refractivity contribution in [2.45, 2.75) is 37.8 Å². The molecule has 5 nitrogen and oxygen atoms in total. The lowest BCUT2D eigenvalue weighted by Gasteiger charge is -2.28. The third kappa shape index (κ3) is 2.83. The van der Waals surface area contributed by atoms with Crippen molar-refractivity contribution < 1.29 is 14.3 Å². The third-order valence-electron chi connectivity index (χ3n) is 3.90. The summed E-state index contributed by atoms with van der Waals surface area (Å²) in [5, 5.41) is 13.1. The molecule has 0 aliphatic heterocycles. The molecule has 0 bridgehead atoms. The van der Waals surface area contributed by atoms with Gasteiger partial charge in [0.25, 0.3) is 5.91 Å². The maximum absolute atomic E-state index is 12.2. The fourth-order valence-electron chi connectivity index (χ4n) is 2.74. The van der Waals surface area contributed by atoms with E-state index in [1.54, 1.807) is 24.3 Å². The molecule has 0 radical (unpaired) electrons. The number of para-hydroxylation sites is 1. The van der Waals surface area contributed by atoms with Crippen molar-refractivity contribution in [2.24, 2.45) is 0 Å². The van der Waals surface area contributed by atoms with Gasteiger partial charge in [-0.3, -0.25) is 9.59 Å². The predicted octanol–water partition coefficient (Wildman–Crippen LogP) is 1.83. The third-order valence-corrected chi connectivity index (χ3v) is 3.90. The number of aliphatic hydroxyl groups excluding tert-OH is 1. The standard InChI is InChI=1S/C16H17NO4/c18-12-7-3-2-6-11(12)17-16(20)15-9-13(19)10-5-1-4-8-14(10)21-15/h1,4-5,8-9,11-12,18H,2-3,6-7H2,(H,17,20). The van der Waals surface area contributed by atoms with Crippen LogP contribution in [0.4, 0.5) is 0 Å². The summed E-state index contributed by atoms with van der Waals surface area (Å²) in [5.41, 5.74) is 0.144. The molecule has 1 saturated carbocycles. The largest absolute Gasteiger partial charge is 0.451 e. The van der Waals surface area contributed by atoms with Crippen molar-refractivity contribution in [1.82, 2.24) is 5.32 Å². The zero-order chi connectivity index (χ0) is 14.8. The summed E-state index contributed by atoms with van der Waals surface area (Å²) in [6.07, 6.45) is 2.84. The van der Waals surface area contributed by atoms with E-state index in [4.69, 9.17) is 4.42 Å². The quantitative estimate of drug-likeness (QED) is 0.883. The van der Waals surface area contributed by atoms with E-state index in [0.29, 0.717) is 17.4 Å². The average molecular weight is 287 g/mol. The van der Waals surface area contributed by atoms with Crippen LogP contribution in [0.3, 0.4) is 0 Å². The highest BCUT2D eigenvalue weighted by Gasteiger charge is 2.25. The van der Waals surface area contributed by atoms with Gasteiger partial charge >= 0.3 is 0 Å². The Hall–Kier alpha value is -2.14. The zero-order valence-corrected chi connectivity index (χ0v) is 11.5. The van der Waals surface area contributed by atoms with E-state index in [1.165, 1.54) is 6.07 Å². The summed E-state index contributed by atoms with van der Waals surface area (Å²) in [6, 6.07) is 7.74. The van der Waals surface area contributed by atoms with E-state index >= 15 is 0 Å². The topological polar surface area (TPSA) is 79.5 Å². The van der Waals surface area contributed by atoms with Gasteiger partial charge in [-0.05, 0) is 25.0 Å². The van der Waals surface area contributed by atoms with Crippen molar-refractivity contribution in [1.29, 1.82) is 0 Å². The van der Waals surface area contributed by atoms with E-state index in [0.717, 1.165) is 19.3 Å². The van der Waals surface area contributed by atoms with Crippen molar-refractivity contribution in [3.8, 4) is 0 Å². The minimum absolute atomic E-state index is 0.0172. The summed E-state index contributed by atoms with van der Waals surface area (Å²) in [4.78, 5) is 24.2. The Labute approximate surface area is 121 Å². The SMILES string of the molecule is O=C(NC1CCCCC1O)c1cc(=O)c2ccccc2o1. The van der Waals surface area contributed by atoms with Gasteiger partial charge in [0.15, 0.2) is 11.2 Å². The Kier molecular flexibility index (Phi) is 3.75. The Balaban J connectivity index is 1.86. The molecule has 0 spiro atoms. The highest BCUT2D eigenvalue weighted by atomic mass is 16.3. The maximum Gasteiger partial charge on any atom is 0.287 e. The van der Waals surface area contributed by atoms with Crippen LogP contribution in [0.25, 0.3) is 11.0 Å². The van der Waals surface area contributed by atoms with Gasteiger partial charge in [-0.25, -0.2) is 0 Å². The van der Waals surface area contributed by atoms with Crippen molar-refractivity contribution in [2.75, 3.05) is 0 Å². The number of rotatable bonds is 2. The first-order valence-corrected chi connectivity index (χ1v) is 7.17. The summed E-state index contributed by atoms with van der Waals surface area (Å²) in [6.45, 7) is 0. The predicted molar refractivity (Wildman–Crippen MR) is 78.2 cm³/mol. The minimum Gasteiger partial charge on any atom is -0.451 e. The van der Waals surface area contributed by atoms with Gasteiger partial charge in [-0.2, -0.15) is 0 Å². The van der Waals surface area contributed by atoms with Gasteiger partial charge in [0.05, 0.1) is 17.5 Å². The molecular formula is C16H17NO4. The molecule has 5 heteroatoms. The van der Waals surface area contributed by atoms with E-state index in [2.05, 4.69) is 5.32 Å². The van der Waals surface area contributed by atoms with E-state index in [-0.39, 0.29) is 17.2 Å². The normalized spacial score (nSPS) is 22.1. The molecule has 1 aliphatic carbocycles. The molecule has 21 heavy (non-hydrogen) atoms. The van der Waals surface area contributed by atoms with Crippen LogP contribution in [0.15, 0.2) is 39.5 Å². The van der Waals surface area contributed by atoms with Gasteiger partial charge < -0.3 is 14.8 Å². The number of fused-ring (bicyclic) bond motifs is 1. The van der Waals surface area contributed by atoms with E-state index in [9.17, 15) is 14.7 Å². The number of amides is 1. The highest BCUT2D eigenvalue weighted by Crippen LogP contribution is 2.19. The maximum atomic E-state index is 12.2. The number of carbonyl (C=O) groups excluding carboxylic acids is 1. The fourth-order valence-corrected chi connectivity index (χ4v) is 2.74. The van der Waals surface area contributed by atoms with Crippen molar-refractivity contribution in [3.63, 3.8) is 0 Å². The van der Waals surface area contributed by atoms with E-state index in [1.807, 2.05) is 0 Å². The first kappa shape index (κ1) is 13.8. The van der Waals surface area contributed by atoms with Gasteiger partial charge in [0.1, 0.15) is 5.58 Å². The summed E-state index contributed by atoms with van der Waals surface area (Å²) in [5.74, 6) is -0.472. The van der Waals surface area contributed by atoms with Crippen LogP contribution in [-0.2, 0) is 0 Å². The van der Waals surface area contributed by atoms with Crippen LogP contribution >= 0.6 is 0 Å². The molecule has 1 fully saturated rings. The number of carbonyl (C=O) groups is 1.